The number of rotatable bonds is 8. The fraction of sp³-hybridized carbons (Fsp3) is 0.300. The molecule has 25 heavy (non-hydrogen) atoms. The lowest BCUT2D eigenvalue weighted by atomic mass is 10.0. The van der Waals surface area contributed by atoms with E-state index in [0.29, 0.717) is 18.6 Å². The number of hydrogen-bond acceptors (Lipinski definition) is 3. The van der Waals surface area contributed by atoms with Gasteiger partial charge in [0.15, 0.2) is 6.61 Å². The van der Waals surface area contributed by atoms with E-state index in [1.807, 2.05) is 54.6 Å². The topological polar surface area (TPSA) is 75.6 Å². The van der Waals surface area contributed by atoms with E-state index in [-0.39, 0.29) is 19.1 Å². The zero-order valence-electron chi connectivity index (χ0n) is 13.9. The number of para-hydroxylation sites is 1. The molecule has 0 aromatic heterocycles. The van der Waals surface area contributed by atoms with Gasteiger partial charge >= 0.3 is 5.97 Å². The summed E-state index contributed by atoms with van der Waals surface area (Å²) in [5.41, 5.74) is 1.41. The maximum Gasteiger partial charge on any atom is 0.311 e. The van der Waals surface area contributed by atoms with Crippen molar-refractivity contribution < 1.29 is 19.4 Å². The van der Waals surface area contributed by atoms with E-state index >= 15 is 0 Å². The van der Waals surface area contributed by atoms with Gasteiger partial charge in [0.25, 0.3) is 5.91 Å². The molecule has 0 bridgehead atoms. The van der Waals surface area contributed by atoms with Crippen LogP contribution in [0.4, 0.5) is 0 Å². The second-order valence-corrected chi connectivity index (χ2v) is 6.42. The third kappa shape index (κ3) is 4.38. The number of carbonyl (C=O) groups excluding carboxylic acids is 1. The number of hydrogen-bond donors (Lipinski definition) is 2. The number of carboxylic acids is 1. The molecule has 0 radical (unpaired) electrons. The molecule has 5 heteroatoms. The first-order valence-corrected chi connectivity index (χ1v) is 8.34. The molecule has 2 aromatic carbocycles. The Kier molecular flexibility index (Phi) is 5.03. The fourth-order valence-electron chi connectivity index (χ4n) is 2.69. The van der Waals surface area contributed by atoms with Gasteiger partial charge in [0.2, 0.25) is 0 Å². The summed E-state index contributed by atoms with van der Waals surface area (Å²) in [6, 6.07) is 17.7. The molecule has 2 N–H and O–H groups in total. The number of carboxylic acid groups (broad SMARTS) is 1. The van der Waals surface area contributed by atoms with E-state index in [1.54, 1.807) is 0 Å². The maximum absolute atomic E-state index is 12.0. The molecule has 2 aromatic rings. The minimum Gasteiger partial charge on any atom is -0.483 e. The highest BCUT2D eigenvalue weighted by Crippen LogP contribution is 2.45. The molecule has 1 aliphatic rings. The average molecular weight is 339 g/mol. The third-order valence-corrected chi connectivity index (χ3v) is 4.50. The summed E-state index contributed by atoms with van der Waals surface area (Å²) >= 11 is 0. The Labute approximate surface area is 146 Å². The molecule has 130 valence electrons. The lowest BCUT2D eigenvalue weighted by Crippen LogP contribution is -2.36. The molecule has 1 saturated carbocycles. The van der Waals surface area contributed by atoms with Crippen molar-refractivity contribution in [3.05, 3.63) is 65.7 Å². The third-order valence-electron chi connectivity index (χ3n) is 4.50. The zero-order chi connectivity index (χ0) is 17.7. The predicted molar refractivity (Wildman–Crippen MR) is 93.5 cm³/mol. The molecule has 0 heterocycles. The smallest absolute Gasteiger partial charge is 0.311 e. The summed E-state index contributed by atoms with van der Waals surface area (Å²) in [6.45, 7) is 0.0394. The number of aliphatic carboxylic acids is 1. The number of benzene rings is 2. The van der Waals surface area contributed by atoms with E-state index in [9.17, 15) is 9.59 Å². The van der Waals surface area contributed by atoms with Crippen molar-refractivity contribution in [2.75, 3.05) is 13.2 Å². The van der Waals surface area contributed by atoms with Gasteiger partial charge < -0.3 is 15.2 Å². The van der Waals surface area contributed by atoms with Crippen LogP contribution in [-0.4, -0.2) is 30.1 Å². The Morgan fingerprint density at radius 3 is 2.40 bits per heavy atom. The fourth-order valence-corrected chi connectivity index (χ4v) is 2.69. The van der Waals surface area contributed by atoms with Gasteiger partial charge in [-0.1, -0.05) is 48.5 Å². The summed E-state index contributed by atoms with van der Waals surface area (Å²) < 4.78 is 5.66. The minimum absolute atomic E-state index is 0.124. The molecule has 1 fully saturated rings. The van der Waals surface area contributed by atoms with Crippen molar-refractivity contribution in [3.8, 4) is 5.75 Å². The molecule has 1 amide bonds. The molecule has 5 nitrogen and oxygen atoms in total. The monoisotopic (exact) mass is 339 g/mol. The highest BCUT2D eigenvalue weighted by Gasteiger charge is 2.50. The summed E-state index contributed by atoms with van der Waals surface area (Å²) in [5.74, 6) is -0.482. The quantitative estimate of drug-likeness (QED) is 0.775. The van der Waals surface area contributed by atoms with Gasteiger partial charge in [-0.05, 0) is 30.0 Å². The van der Waals surface area contributed by atoms with E-state index in [1.165, 1.54) is 5.56 Å². The number of ether oxygens (including phenoxy) is 1. The number of nitrogens with one attached hydrogen (secondary N) is 1. The van der Waals surface area contributed by atoms with Crippen molar-refractivity contribution in [3.63, 3.8) is 0 Å². The van der Waals surface area contributed by atoms with Crippen LogP contribution in [0.15, 0.2) is 54.6 Å². The van der Waals surface area contributed by atoms with Crippen molar-refractivity contribution in [1.82, 2.24) is 5.32 Å². The number of amides is 1. The highest BCUT2D eigenvalue weighted by molar-refractivity contribution is 5.81. The zero-order valence-corrected chi connectivity index (χ0v) is 13.9. The predicted octanol–water partition coefficient (Wildman–Crippen LogP) is 2.64. The normalized spacial score (nSPS) is 14.6. The Bertz CT molecular complexity index is 753. The van der Waals surface area contributed by atoms with Crippen LogP contribution < -0.4 is 10.1 Å². The minimum atomic E-state index is -0.845. The van der Waals surface area contributed by atoms with Crippen LogP contribution in [-0.2, 0) is 16.0 Å². The molecule has 3 rings (SSSR count). The van der Waals surface area contributed by atoms with Crippen LogP contribution in [0.3, 0.4) is 0 Å². The molecule has 0 saturated heterocycles. The lowest BCUT2D eigenvalue weighted by molar-refractivity contribution is -0.143. The SMILES string of the molecule is O=C(COc1ccccc1Cc1ccccc1)NCC1(C(=O)O)CC1. The molecular weight excluding hydrogens is 318 g/mol. The van der Waals surface area contributed by atoms with Crippen LogP contribution >= 0.6 is 0 Å². The van der Waals surface area contributed by atoms with Gasteiger partial charge in [-0.2, -0.15) is 0 Å². The van der Waals surface area contributed by atoms with Gasteiger partial charge in [0.05, 0.1) is 5.41 Å². The Balaban J connectivity index is 1.54. The first-order valence-electron chi connectivity index (χ1n) is 8.34. The van der Waals surface area contributed by atoms with Crippen LogP contribution in [0.25, 0.3) is 0 Å². The molecular formula is C20H21NO4. The summed E-state index contributed by atoms with van der Waals surface area (Å²) in [4.78, 5) is 23.1. The second kappa shape index (κ2) is 7.38. The first kappa shape index (κ1) is 17.0. The summed E-state index contributed by atoms with van der Waals surface area (Å²) in [6.07, 6.45) is 1.95. The Morgan fingerprint density at radius 1 is 1.04 bits per heavy atom. The van der Waals surface area contributed by atoms with Gasteiger partial charge in [0.1, 0.15) is 5.75 Å². The van der Waals surface area contributed by atoms with Crippen LogP contribution in [0.5, 0.6) is 5.75 Å². The van der Waals surface area contributed by atoms with Crippen LogP contribution in [0, 0.1) is 5.41 Å². The van der Waals surface area contributed by atoms with Crippen LogP contribution in [0.2, 0.25) is 0 Å². The average Bonchev–Trinajstić information content (AvgIpc) is 3.41. The van der Waals surface area contributed by atoms with E-state index in [4.69, 9.17) is 9.84 Å². The molecule has 0 spiro atoms. The second-order valence-electron chi connectivity index (χ2n) is 6.42. The lowest BCUT2D eigenvalue weighted by Gasteiger charge is -2.13. The maximum atomic E-state index is 12.0. The molecule has 0 unspecified atom stereocenters. The Morgan fingerprint density at radius 2 is 1.72 bits per heavy atom. The van der Waals surface area contributed by atoms with Crippen molar-refractivity contribution in [2.24, 2.45) is 5.41 Å². The van der Waals surface area contributed by atoms with Crippen LogP contribution in [0.1, 0.15) is 24.0 Å². The van der Waals surface area contributed by atoms with E-state index in [0.717, 1.165) is 12.0 Å². The van der Waals surface area contributed by atoms with Gasteiger partial charge in [-0.25, -0.2) is 0 Å². The standard InChI is InChI=1S/C20H21NO4/c22-18(21-14-20(10-11-20)19(23)24)13-25-17-9-5-4-8-16(17)12-15-6-2-1-3-7-15/h1-9H,10-14H2,(H,21,22)(H,23,24). The van der Waals surface area contributed by atoms with E-state index in [2.05, 4.69) is 5.32 Å². The Hall–Kier alpha value is -2.82. The van der Waals surface area contributed by atoms with Crippen molar-refractivity contribution in [2.45, 2.75) is 19.3 Å². The first-order chi connectivity index (χ1) is 12.1. The summed E-state index contributed by atoms with van der Waals surface area (Å²) in [5, 5.41) is 11.8. The largest absolute Gasteiger partial charge is 0.483 e. The van der Waals surface area contributed by atoms with Gasteiger partial charge in [-0.3, -0.25) is 9.59 Å². The molecule has 0 aliphatic heterocycles. The number of carbonyl (C=O) groups is 2. The van der Waals surface area contributed by atoms with Gasteiger partial charge in [-0.15, -0.1) is 0 Å². The summed E-state index contributed by atoms with van der Waals surface area (Å²) in [7, 11) is 0. The molecule has 0 atom stereocenters. The highest BCUT2D eigenvalue weighted by atomic mass is 16.5. The molecule has 1 aliphatic carbocycles. The van der Waals surface area contributed by atoms with Gasteiger partial charge in [0, 0.05) is 13.0 Å². The van der Waals surface area contributed by atoms with E-state index < -0.39 is 11.4 Å². The van der Waals surface area contributed by atoms with Crippen molar-refractivity contribution >= 4 is 11.9 Å². The van der Waals surface area contributed by atoms with Crippen molar-refractivity contribution in [1.29, 1.82) is 0 Å².